The van der Waals surface area contributed by atoms with E-state index in [1.807, 2.05) is 39.8 Å². The molecule has 0 spiro atoms. The van der Waals surface area contributed by atoms with E-state index in [-0.39, 0.29) is 5.91 Å². The van der Waals surface area contributed by atoms with Crippen LogP contribution in [0.25, 0.3) is 0 Å². The van der Waals surface area contributed by atoms with E-state index in [1.165, 1.54) is 0 Å². The molecule has 0 bridgehead atoms. The first-order valence-electron chi connectivity index (χ1n) is 5.23. The molecular weight excluding hydrogens is 188 g/mol. The summed E-state index contributed by atoms with van der Waals surface area (Å²) in [6.07, 6.45) is 0.549. The molecule has 0 radical (unpaired) electrons. The second kappa shape index (κ2) is 4.91. The molecule has 0 atom stereocenters. The van der Waals surface area contributed by atoms with Crippen LogP contribution in [0.5, 0.6) is 0 Å². The molecule has 1 heterocycles. The highest BCUT2D eigenvalue weighted by Crippen LogP contribution is 2.13. The molecule has 0 saturated carbocycles. The molecule has 1 N–H and O–H groups in total. The van der Waals surface area contributed by atoms with Gasteiger partial charge in [-0.25, -0.2) is 0 Å². The standard InChI is InChI=1S/C12H18N2O/c1-8(2)7-12(15)14-11-6-5-9(3)13-10(11)4/h5-6,8H,7H2,1-4H3,(H,14,15). The lowest BCUT2D eigenvalue weighted by molar-refractivity contribution is -0.116. The molecule has 1 aromatic rings. The molecule has 0 aliphatic rings. The highest BCUT2D eigenvalue weighted by atomic mass is 16.1. The lowest BCUT2D eigenvalue weighted by Gasteiger charge is -2.09. The predicted molar refractivity (Wildman–Crippen MR) is 61.8 cm³/mol. The molecular formula is C12H18N2O. The van der Waals surface area contributed by atoms with E-state index in [9.17, 15) is 4.79 Å². The molecule has 0 unspecified atom stereocenters. The van der Waals surface area contributed by atoms with E-state index < -0.39 is 0 Å². The van der Waals surface area contributed by atoms with E-state index in [2.05, 4.69) is 10.3 Å². The zero-order valence-electron chi connectivity index (χ0n) is 9.79. The lowest BCUT2D eigenvalue weighted by atomic mass is 10.1. The van der Waals surface area contributed by atoms with Crippen molar-refractivity contribution >= 4 is 11.6 Å². The van der Waals surface area contributed by atoms with Crippen molar-refractivity contribution in [1.82, 2.24) is 4.98 Å². The van der Waals surface area contributed by atoms with Crippen LogP contribution in [0, 0.1) is 19.8 Å². The van der Waals surface area contributed by atoms with Crippen molar-refractivity contribution in [2.75, 3.05) is 5.32 Å². The van der Waals surface area contributed by atoms with Gasteiger partial charge in [-0.3, -0.25) is 9.78 Å². The van der Waals surface area contributed by atoms with Crippen LogP contribution in [0.4, 0.5) is 5.69 Å². The van der Waals surface area contributed by atoms with Crippen molar-refractivity contribution in [3.8, 4) is 0 Å². The fraction of sp³-hybridized carbons (Fsp3) is 0.500. The topological polar surface area (TPSA) is 42.0 Å². The summed E-state index contributed by atoms with van der Waals surface area (Å²) in [6.45, 7) is 7.89. The van der Waals surface area contributed by atoms with Crippen LogP contribution in [0.3, 0.4) is 0 Å². The zero-order valence-corrected chi connectivity index (χ0v) is 9.79. The number of aryl methyl sites for hydroxylation is 2. The van der Waals surface area contributed by atoms with Crippen LogP contribution in [-0.4, -0.2) is 10.9 Å². The Labute approximate surface area is 90.9 Å². The van der Waals surface area contributed by atoms with E-state index in [4.69, 9.17) is 0 Å². The molecule has 3 heteroatoms. The van der Waals surface area contributed by atoms with Crippen LogP contribution >= 0.6 is 0 Å². The Kier molecular flexibility index (Phi) is 3.83. The van der Waals surface area contributed by atoms with Crippen molar-refractivity contribution in [1.29, 1.82) is 0 Å². The van der Waals surface area contributed by atoms with Crippen LogP contribution in [-0.2, 0) is 4.79 Å². The zero-order chi connectivity index (χ0) is 11.4. The maximum Gasteiger partial charge on any atom is 0.224 e. The molecule has 0 saturated heterocycles. The van der Waals surface area contributed by atoms with Gasteiger partial charge in [-0.05, 0) is 31.9 Å². The van der Waals surface area contributed by atoms with Gasteiger partial charge in [0.2, 0.25) is 5.91 Å². The molecule has 0 fully saturated rings. The normalized spacial score (nSPS) is 10.5. The smallest absolute Gasteiger partial charge is 0.224 e. The third kappa shape index (κ3) is 3.70. The van der Waals surface area contributed by atoms with E-state index in [1.54, 1.807) is 0 Å². The minimum absolute atomic E-state index is 0.0544. The summed E-state index contributed by atoms with van der Waals surface area (Å²) in [4.78, 5) is 15.8. The number of carbonyl (C=O) groups is 1. The molecule has 0 aliphatic heterocycles. The minimum Gasteiger partial charge on any atom is -0.324 e. The van der Waals surface area contributed by atoms with E-state index >= 15 is 0 Å². The number of carbonyl (C=O) groups excluding carboxylic acids is 1. The Morgan fingerprint density at radius 3 is 2.60 bits per heavy atom. The van der Waals surface area contributed by atoms with Gasteiger partial charge in [0.15, 0.2) is 0 Å². The van der Waals surface area contributed by atoms with Crippen molar-refractivity contribution in [2.45, 2.75) is 34.1 Å². The highest BCUT2D eigenvalue weighted by Gasteiger charge is 2.07. The van der Waals surface area contributed by atoms with Gasteiger partial charge in [0.05, 0.1) is 11.4 Å². The molecule has 1 aromatic heterocycles. The van der Waals surface area contributed by atoms with Gasteiger partial charge in [0.1, 0.15) is 0 Å². The number of hydrogen-bond donors (Lipinski definition) is 1. The summed E-state index contributed by atoms with van der Waals surface area (Å²) >= 11 is 0. The van der Waals surface area contributed by atoms with Gasteiger partial charge in [-0.2, -0.15) is 0 Å². The fourth-order valence-electron chi connectivity index (χ4n) is 1.39. The molecule has 15 heavy (non-hydrogen) atoms. The van der Waals surface area contributed by atoms with Crippen molar-refractivity contribution in [3.05, 3.63) is 23.5 Å². The minimum atomic E-state index is 0.0544. The van der Waals surface area contributed by atoms with Crippen molar-refractivity contribution < 1.29 is 4.79 Å². The first kappa shape index (κ1) is 11.7. The number of hydrogen-bond acceptors (Lipinski definition) is 2. The monoisotopic (exact) mass is 206 g/mol. The first-order valence-corrected chi connectivity index (χ1v) is 5.23. The third-order valence-electron chi connectivity index (χ3n) is 2.09. The van der Waals surface area contributed by atoms with E-state index in [0.717, 1.165) is 17.1 Å². The summed E-state index contributed by atoms with van der Waals surface area (Å²) < 4.78 is 0. The number of rotatable bonds is 3. The largest absolute Gasteiger partial charge is 0.324 e. The molecule has 0 aliphatic carbocycles. The van der Waals surface area contributed by atoms with Gasteiger partial charge in [-0.15, -0.1) is 0 Å². The molecule has 1 rings (SSSR count). The SMILES string of the molecule is Cc1ccc(NC(=O)CC(C)C)c(C)n1. The lowest BCUT2D eigenvalue weighted by Crippen LogP contribution is -2.15. The Bertz CT molecular complexity index is 359. The molecule has 1 amide bonds. The number of nitrogens with one attached hydrogen (secondary N) is 1. The Morgan fingerprint density at radius 1 is 1.40 bits per heavy atom. The highest BCUT2D eigenvalue weighted by molar-refractivity contribution is 5.91. The summed E-state index contributed by atoms with van der Waals surface area (Å²) in [7, 11) is 0. The number of nitrogens with zero attached hydrogens (tertiary/aromatic N) is 1. The third-order valence-corrected chi connectivity index (χ3v) is 2.09. The summed E-state index contributed by atoms with van der Waals surface area (Å²) in [6, 6.07) is 3.80. The molecule has 0 aromatic carbocycles. The summed E-state index contributed by atoms with van der Waals surface area (Å²) in [5.41, 5.74) is 2.65. The average Bonchev–Trinajstić information content (AvgIpc) is 2.08. The number of pyridine rings is 1. The summed E-state index contributed by atoms with van der Waals surface area (Å²) in [5.74, 6) is 0.433. The van der Waals surface area contributed by atoms with Crippen LogP contribution in [0.1, 0.15) is 31.7 Å². The Morgan fingerprint density at radius 2 is 2.07 bits per heavy atom. The Hall–Kier alpha value is -1.38. The van der Waals surface area contributed by atoms with Gasteiger partial charge in [0.25, 0.3) is 0 Å². The van der Waals surface area contributed by atoms with Gasteiger partial charge in [-0.1, -0.05) is 13.8 Å². The van der Waals surface area contributed by atoms with Crippen molar-refractivity contribution in [3.63, 3.8) is 0 Å². The number of anilines is 1. The fourth-order valence-corrected chi connectivity index (χ4v) is 1.39. The molecule has 82 valence electrons. The van der Waals surface area contributed by atoms with E-state index in [0.29, 0.717) is 12.3 Å². The second-order valence-electron chi connectivity index (χ2n) is 4.23. The predicted octanol–water partition coefficient (Wildman–Crippen LogP) is 2.68. The van der Waals surface area contributed by atoms with Gasteiger partial charge in [0, 0.05) is 12.1 Å². The summed E-state index contributed by atoms with van der Waals surface area (Å²) in [5, 5.41) is 2.87. The molecule has 3 nitrogen and oxygen atoms in total. The van der Waals surface area contributed by atoms with Crippen molar-refractivity contribution in [2.24, 2.45) is 5.92 Å². The number of aromatic nitrogens is 1. The second-order valence-corrected chi connectivity index (χ2v) is 4.23. The average molecular weight is 206 g/mol. The number of amides is 1. The first-order chi connectivity index (χ1) is 6.99. The maximum atomic E-state index is 11.5. The Balaban J connectivity index is 2.68. The van der Waals surface area contributed by atoms with Crippen LogP contribution < -0.4 is 5.32 Å². The van der Waals surface area contributed by atoms with Gasteiger partial charge < -0.3 is 5.32 Å². The van der Waals surface area contributed by atoms with Gasteiger partial charge >= 0.3 is 0 Å². The van der Waals surface area contributed by atoms with Crippen LogP contribution in [0.2, 0.25) is 0 Å². The quantitative estimate of drug-likeness (QED) is 0.826. The maximum absolute atomic E-state index is 11.5. The van der Waals surface area contributed by atoms with Crippen LogP contribution in [0.15, 0.2) is 12.1 Å².